The van der Waals surface area contributed by atoms with Gasteiger partial charge in [-0.15, -0.1) is 0 Å². The van der Waals surface area contributed by atoms with Crippen LogP contribution in [0, 0.1) is 0 Å². The van der Waals surface area contributed by atoms with Gasteiger partial charge in [0.15, 0.2) is 31.8 Å². The Bertz CT molecular complexity index is 2600. The van der Waals surface area contributed by atoms with E-state index in [1.54, 1.807) is 47.5 Å². The van der Waals surface area contributed by atoms with Crippen molar-refractivity contribution in [2.45, 2.75) is 69.4 Å². The molecule has 2 aliphatic rings. The average Bonchev–Trinajstić information content (AvgIpc) is 4.01. The topological polar surface area (TPSA) is 175 Å². The zero-order valence-electron chi connectivity index (χ0n) is 29.7. The number of H-pyrrole nitrogens is 1. The molecule has 0 unspecified atom stereocenters. The van der Waals surface area contributed by atoms with E-state index in [9.17, 15) is 24.3 Å². The van der Waals surface area contributed by atoms with Gasteiger partial charge >= 0.3 is 11.4 Å². The Labute approximate surface area is 348 Å². The maximum absolute atomic E-state index is 13.1. The van der Waals surface area contributed by atoms with E-state index in [4.69, 9.17) is 28.3 Å². The second-order valence-electron chi connectivity index (χ2n) is 13.8. The van der Waals surface area contributed by atoms with Gasteiger partial charge in [-0.2, -0.15) is 0 Å². The van der Waals surface area contributed by atoms with Gasteiger partial charge in [0.05, 0.1) is 24.3 Å². The molecule has 2 aromatic carbocycles. The van der Waals surface area contributed by atoms with Gasteiger partial charge in [-0.25, -0.2) is 19.6 Å². The minimum absolute atomic E-state index is 0.182. The molecule has 2 saturated carbocycles. The molecule has 14 nitrogen and oxygen atoms in total. The molecular formula is C36H37Br3Cl2N8O6. The van der Waals surface area contributed by atoms with Crippen molar-refractivity contribution in [3.05, 3.63) is 121 Å². The minimum Gasteiger partial charge on any atom is -0.390 e. The van der Waals surface area contributed by atoms with Crippen LogP contribution in [0.2, 0.25) is 10.0 Å². The van der Waals surface area contributed by atoms with Crippen LogP contribution >= 0.6 is 71.0 Å². The highest BCUT2D eigenvalue weighted by Crippen LogP contribution is 2.39. The molecule has 4 aromatic heterocycles. The zero-order chi connectivity index (χ0) is 39.8. The van der Waals surface area contributed by atoms with Crippen molar-refractivity contribution in [3.8, 4) is 0 Å². The Morgan fingerprint density at radius 2 is 1.16 bits per heavy atom. The van der Waals surface area contributed by atoms with Crippen molar-refractivity contribution >= 4 is 93.3 Å². The van der Waals surface area contributed by atoms with E-state index in [0.29, 0.717) is 74.2 Å². The van der Waals surface area contributed by atoms with Gasteiger partial charge in [0.25, 0.3) is 11.1 Å². The number of nitrogens with zero attached hydrogens (tertiary/aromatic N) is 7. The third kappa shape index (κ3) is 9.46. The predicted octanol–water partition coefficient (Wildman–Crippen LogP) is 5.46. The number of aromatic amines is 1. The van der Waals surface area contributed by atoms with E-state index in [1.165, 1.54) is 13.7 Å². The summed E-state index contributed by atoms with van der Waals surface area (Å²) in [5.74, 6) is 0. The van der Waals surface area contributed by atoms with Gasteiger partial charge in [0.2, 0.25) is 0 Å². The Balaban J connectivity index is 0.000000162. The van der Waals surface area contributed by atoms with Gasteiger partial charge in [-0.05, 0) is 106 Å². The van der Waals surface area contributed by atoms with Crippen LogP contribution in [0.15, 0.2) is 77.2 Å². The van der Waals surface area contributed by atoms with E-state index in [1.807, 2.05) is 24.3 Å². The number of aryl methyl sites for hydroxylation is 2. The lowest BCUT2D eigenvalue weighted by Gasteiger charge is -2.12. The number of aromatic nitrogens is 8. The molecule has 0 spiro atoms. The first-order chi connectivity index (χ1) is 26.0. The zero-order valence-corrected chi connectivity index (χ0v) is 36.0. The predicted molar refractivity (Wildman–Crippen MR) is 223 cm³/mol. The number of imidazole rings is 2. The van der Waals surface area contributed by atoms with E-state index >= 15 is 0 Å². The molecule has 4 heterocycles. The number of rotatable bonds is 9. The fourth-order valence-corrected chi connectivity index (χ4v) is 7.80. The third-order valence-electron chi connectivity index (χ3n) is 9.67. The number of alkyl halides is 1. The van der Waals surface area contributed by atoms with Crippen LogP contribution in [0.5, 0.6) is 0 Å². The van der Waals surface area contributed by atoms with Crippen molar-refractivity contribution < 1.29 is 10.2 Å². The summed E-state index contributed by atoms with van der Waals surface area (Å²) in [6, 6.07) is 14.6. The van der Waals surface area contributed by atoms with Gasteiger partial charge in [0, 0.05) is 36.0 Å². The molecule has 19 heteroatoms. The quantitative estimate of drug-likeness (QED) is 0.127. The van der Waals surface area contributed by atoms with Crippen molar-refractivity contribution in [2.75, 3.05) is 5.33 Å². The second kappa shape index (κ2) is 16.6. The molecule has 0 radical (unpaired) electrons. The Kier molecular flexibility index (Phi) is 12.5. The summed E-state index contributed by atoms with van der Waals surface area (Å²) in [5.41, 5.74) is 0.519. The normalized spacial score (nSPS) is 15.0. The molecule has 0 bridgehead atoms. The standard InChI is InChI=1S/C18H18BrClN4O3.C13H10BrClN4O2.C5H9BrO/c1-22-14-13(15(25)23(17(22)26)9-8-18(27)6-7-18)24(16(19)21-14)10-11-2-4-12(20)5-3-11;1-18-10-9(11(20)17-13(18)21)19(12(14)16-10)6-7-2-4-8(15)5-3-7;6-4-3-5(7)1-2-5/h2-5,27H,6-10H2,1H3;2-5H,6H2,1H3,(H,17,20,21);7H,1-4H2. The molecule has 0 aliphatic heterocycles. The Morgan fingerprint density at radius 1 is 0.709 bits per heavy atom. The fourth-order valence-electron chi connectivity index (χ4n) is 5.87. The second-order valence-corrected chi connectivity index (χ2v) is 16.9. The fraction of sp³-hybridized carbons (Fsp3) is 0.389. The molecule has 0 amide bonds. The number of fused-ring (bicyclic) bond motifs is 2. The molecule has 55 heavy (non-hydrogen) atoms. The van der Waals surface area contributed by atoms with Crippen LogP contribution in [0.1, 0.15) is 49.7 Å². The van der Waals surface area contributed by atoms with Gasteiger partial charge in [0.1, 0.15) is 0 Å². The van der Waals surface area contributed by atoms with Crippen molar-refractivity contribution in [1.29, 1.82) is 0 Å². The maximum atomic E-state index is 13.1. The third-order valence-corrected chi connectivity index (χ3v) is 11.8. The monoisotopic (exact) mass is 984 g/mol. The van der Waals surface area contributed by atoms with E-state index in [-0.39, 0.29) is 12.1 Å². The summed E-state index contributed by atoms with van der Waals surface area (Å²) in [5, 5.41) is 21.4. The molecule has 3 N–H and O–H groups in total. The summed E-state index contributed by atoms with van der Waals surface area (Å²) in [7, 11) is 3.16. The molecule has 0 saturated heterocycles. The summed E-state index contributed by atoms with van der Waals surface area (Å²) < 4.78 is 8.26. The van der Waals surface area contributed by atoms with Crippen molar-refractivity contribution in [2.24, 2.45) is 14.1 Å². The van der Waals surface area contributed by atoms with Gasteiger partial charge < -0.3 is 19.3 Å². The van der Waals surface area contributed by atoms with Crippen LogP contribution in [0.3, 0.4) is 0 Å². The number of halogens is 5. The van der Waals surface area contributed by atoms with Crippen LogP contribution in [0.4, 0.5) is 0 Å². The highest BCUT2D eigenvalue weighted by molar-refractivity contribution is 9.10. The maximum Gasteiger partial charge on any atom is 0.332 e. The lowest BCUT2D eigenvalue weighted by molar-refractivity contribution is 0.133. The van der Waals surface area contributed by atoms with Crippen molar-refractivity contribution in [1.82, 2.24) is 37.8 Å². The first-order valence-electron chi connectivity index (χ1n) is 17.2. The van der Waals surface area contributed by atoms with E-state index < -0.39 is 28.1 Å². The Hall–Kier alpha value is -3.32. The van der Waals surface area contributed by atoms with Crippen LogP contribution in [0.25, 0.3) is 22.3 Å². The highest BCUT2D eigenvalue weighted by atomic mass is 79.9. The molecule has 0 atom stereocenters. The first kappa shape index (κ1) is 41.3. The number of hydrogen-bond acceptors (Lipinski definition) is 8. The first-order valence-corrected chi connectivity index (χ1v) is 20.7. The molecule has 292 valence electrons. The lowest BCUT2D eigenvalue weighted by atomic mass is 10.2. The minimum atomic E-state index is -0.733. The van der Waals surface area contributed by atoms with Crippen LogP contribution in [-0.4, -0.2) is 64.5 Å². The van der Waals surface area contributed by atoms with Crippen LogP contribution in [-0.2, 0) is 33.7 Å². The number of aliphatic hydroxyl groups is 2. The van der Waals surface area contributed by atoms with Crippen molar-refractivity contribution in [3.63, 3.8) is 0 Å². The smallest absolute Gasteiger partial charge is 0.332 e. The molecular weight excluding hydrogens is 951 g/mol. The molecule has 2 fully saturated rings. The SMILES string of the molecule is Cn1c(=O)[nH]c(=O)c2c1nc(Br)n2Cc1ccc(Cl)cc1.Cn1c(=O)n(CCC2(O)CC2)c(=O)c2c1nc(Br)n2Cc1ccc(Cl)cc1.OC1(CCBr)CC1. The summed E-state index contributed by atoms with van der Waals surface area (Å²) >= 11 is 21.8. The number of nitrogens with one attached hydrogen (secondary N) is 1. The summed E-state index contributed by atoms with van der Waals surface area (Å²) in [6.07, 6.45) is 4.76. The summed E-state index contributed by atoms with van der Waals surface area (Å²) in [6.45, 7) is 1.03. The number of benzene rings is 2. The van der Waals surface area contributed by atoms with E-state index in [0.717, 1.165) is 35.7 Å². The number of hydrogen-bond donors (Lipinski definition) is 3. The van der Waals surface area contributed by atoms with Crippen LogP contribution < -0.4 is 22.5 Å². The molecule has 8 rings (SSSR count). The summed E-state index contributed by atoms with van der Waals surface area (Å²) in [4.78, 5) is 60.2. The highest BCUT2D eigenvalue weighted by Gasteiger charge is 2.40. The lowest BCUT2D eigenvalue weighted by Crippen LogP contribution is -2.40. The largest absolute Gasteiger partial charge is 0.390 e. The Morgan fingerprint density at radius 3 is 1.62 bits per heavy atom. The molecule has 6 aromatic rings. The van der Waals surface area contributed by atoms with Gasteiger partial charge in [-0.1, -0.05) is 63.4 Å². The van der Waals surface area contributed by atoms with Gasteiger partial charge in [-0.3, -0.25) is 28.3 Å². The van der Waals surface area contributed by atoms with E-state index in [2.05, 4.69) is 62.7 Å². The molecule has 2 aliphatic carbocycles. The average molecular weight is 988 g/mol.